The molecule has 0 spiro atoms. The van der Waals surface area contributed by atoms with Crippen LogP contribution in [-0.4, -0.2) is 48.9 Å². The van der Waals surface area contributed by atoms with Crippen molar-refractivity contribution in [2.75, 3.05) is 13.1 Å². The molecule has 1 fully saturated rings. The summed E-state index contributed by atoms with van der Waals surface area (Å²) in [5.41, 5.74) is 1.13. The molecule has 4 rings (SSSR count). The van der Waals surface area contributed by atoms with Gasteiger partial charge in [-0.2, -0.15) is 4.52 Å². The number of aryl methyl sites for hydroxylation is 1. The van der Waals surface area contributed by atoms with Crippen LogP contribution in [-0.2, 0) is 6.42 Å². The molecule has 6 nitrogen and oxygen atoms in total. The zero-order valence-corrected chi connectivity index (χ0v) is 15.0. The molecule has 1 saturated heterocycles. The largest absolute Gasteiger partial charge is 0.492 e. The summed E-state index contributed by atoms with van der Waals surface area (Å²) in [7, 11) is 0. The Bertz CT molecular complexity index is 853. The summed E-state index contributed by atoms with van der Waals surface area (Å²) >= 11 is 1.49. The van der Waals surface area contributed by atoms with Crippen molar-refractivity contribution in [3.05, 3.63) is 46.6 Å². The first-order valence-electron chi connectivity index (χ1n) is 8.71. The number of piperidine rings is 1. The van der Waals surface area contributed by atoms with E-state index in [0.717, 1.165) is 53.6 Å². The van der Waals surface area contributed by atoms with E-state index >= 15 is 0 Å². The van der Waals surface area contributed by atoms with Gasteiger partial charge in [0.15, 0.2) is 5.82 Å². The van der Waals surface area contributed by atoms with Crippen molar-refractivity contribution in [2.45, 2.75) is 38.3 Å². The van der Waals surface area contributed by atoms with Gasteiger partial charge in [-0.05, 0) is 18.4 Å². The molecule has 1 aromatic carbocycles. The van der Waals surface area contributed by atoms with E-state index in [1.807, 2.05) is 25.1 Å². The van der Waals surface area contributed by atoms with Crippen molar-refractivity contribution in [3.63, 3.8) is 0 Å². The summed E-state index contributed by atoms with van der Waals surface area (Å²) in [5, 5.41) is 25.0. The van der Waals surface area contributed by atoms with Gasteiger partial charge in [0.25, 0.3) is 0 Å². The molecule has 132 valence electrons. The van der Waals surface area contributed by atoms with Crippen LogP contribution in [0.5, 0.6) is 5.88 Å². The van der Waals surface area contributed by atoms with Crippen molar-refractivity contribution in [1.82, 2.24) is 19.5 Å². The number of aromatic nitrogens is 3. The minimum Gasteiger partial charge on any atom is -0.492 e. The van der Waals surface area contributed by atoms with Gasteiger partial charge >= 0.3 is 0 Å². The molecular formula is C18H22N4O2S. The maximum absolute atomic E-state index is 10.8. The molecule has 25 heavy (non-hydrogen) atoms. The average Bonchev–Trinajstić information content (AvgIpc) is 3.18. The maximum Gasteiger partial charge on any atom is 0.230 e. The molecule has 0 bridgehead atoms. The number of aromatic hydroxyl groups is 1. The molecule has 0 aliphatic carbocycles. The third-order valence-corrected chi connectivity index (χ3v) is 5.86. The van der Waals surface area contributed by atoms with Crippen LogP contribution in [0.2, 0.25) is 0 Å². The van der Waals surface area contributed by atoms with E-state index in [2.05, 4.69) is 27.1 Å². The Kier molecular flexibility index (Phi) is 4.45. The number of thiazole rings is 1. The lowest BCUT2D eigenvalue weighted by Gasteiger charge is -2.36. The van der Waals surface area contributed by atoms with E-state index in [-0.39, 0.29) is 18.0 Å². The monoisotopic (exact) mass is 358 g/mol. The van der Waals surface area contributed by atoms with Crippen LogP contribution < -0.4 is 0 Å². The maximum atomic E-state index is 10.8. The Balaban J connectivity index is 1.78. The Hall–Kier alpha value is -1.96. The van der Waals surface area contributed by atoms with Crippen molar-refractivity contribution in [1.29, 1.82) is 0 Å². The Morgan fingerprint density at radius 2 is 1.96 bits per heavy atom. The predicted molar refractivity (Wildman–Crippen MR) is 97.0 cm³/mol. The molecule has 0 unspecified atom stereocenters. The van der Waals surface area contributed by atoms with Crippen LogP contribution in [0.15, 0.2) is 30.3 Å². The quantitative estimate of drug-likeness (QED) is 0.750. The normalized spacial score (nSPS) is 18.0. The van der Waals surface area contributed by atoms with Gasteiger partial charge in [-0.1, -0.05) is 48.6 Å². The Labute approximate surface area is 150 Å². The number of rotatable bonds is 4. The van der Waals surface area contributed by atoms with Crippen LogP contribution in [0.25, 0.3) is 4.96 Å². The number of hydrogen-bond acceptors (Lipinski definition) is 6. The molecule has 1 aliphatic rings. The third-order valence-electron chi connectivity index (χ3n) is 4.79. The number of aliphatic hydroxyl groups excluding tert-OH is 1. The molecular weight excluding hydrogens is 336 g/mol. The van der Waals surface area contributed by atoms with E-state index in [0.29, 0.717) is 0 Å². The van der Waals surface area contributed by atoms with Gasteiger partial charge in [-0.25, -0.2) is 4.98 Å². The number of nitrogens with zero attached hydrogens (tertiary/aromatic N) is 4. The summed E-state index contributed by atoms with van der Waals surface area (Å²) < 4.78 is 1.55. The van der Waals surface area contributed by atoms with Crippen LogP contribution in [0.1, 0.15) is 42.1 Å². The number of fused-ring (bicyclic) bond motifs is 1. The predicted octanol–water partition coefficient (Wildman–Crippen LogP) is 2.60. The van der Waals surface area contributed by atoms with E-state index in [1.54, 1.807) is 4.52 Å². The molecule has 0 amide bonds. The highest BCUT2D eigenvalue weighted by Crippen LogP contribution is 2.40. The summed E-state index contributed by atoms with van der Waals surface area (Å²) in [4.78, 5) is 8.41. The van der Waals surface area contributed by atoms with Crippen molar-refractivity contribution < 1.29 is 10.2 Å². The minimum absolute atomic E-state index is 0.0488. The van der Waals surface area contributed by atoms with Crippen molar-refractivity contribution in [3.8, 4) is 5.88 Å². The van der Waals surface area contributed by atoms with E-state index in [4.69, 9.17) is 0 Å². The van der Waals surface area contributed by atoms with Crippen LogP contribution >= 0.6 is 11.3 Å². The first kappa shape index (κ1) is 16.5. The zero-order valence-electron chi connectivity index (χ0n) is 14.2. The number of benzene rings is 1. The summed E-state index contributed by atoms with van der Waals surface area (Å²) in [6, 6.07) is 10.2. The molecule has 1 atom stereocenters. The molecule has 2 aromatic heterocycles. The molecule has 1 aliphatic heterocycles. The number of hydrogen-bond donors (Lipinski definition) is 2. The Morgan fingerprint density at radius 1 is 1.24 bits per heavy atom. The van der Waals surface area contributed by atoms with E-state index in [9.17, 15) is 10.2 Å². The highest BCUT2D eigenvalue weighted by molar-refractivity contribution is 7.17. The third kappa shape index (κ3) is 3.03. The molecule has 0 saturated carbocycles. The van der Waals surface area contributed by atoms with Crippen LogP contribution in [0.3, 0.4) is 0 Å². The molecule has 2 N–H and O–H groups in total. The molecule has 3 heterocycles. The average molecular weight is 358 g/mol. The standard InChI is InChI=1S/C18H22N4O2S/c1-2-14-19-18-22(20-14)17(24)16(25-18)15(12-6-4-3-5-7-12)21-10-8-13(23)9-11-21/h3-7,13,15,23-24H,2,8-11H2,1H3/t15-/m0/s1. The molecule has 7 heteroatoms. The summed E-state index contributed by atoms with van der Waals surface area (Å²) in [6.45, 7) is 3.60. The van der Waals surface area contributed by atoms with Gasteiger partial charge in [0.2, 0.25) is 10.8 Å². The molecule has 3 aromatic rings. The topological polar surface area (TPSA) is 73.9 Å². The van der Waals surface area contributed by atoms with Crippen molar-refractivity contribution >= 4 is 16.3 Å². The van der Waals surface area contributed by atoms with Gasteiger partial charge in [0.1, 0.15) is 0 Å². The van der Waals surface area contributed by atoms with Gasteiger partial charge in [0, 0.05) is 19.5 Å². The second-order valence-corrected chi connectivity index (χ2v) is 7.46. The first-order chi connectivity index (χ1) is 12.2. The fourth-order valence-corrected chi connectivity index (χ4v) is 4.56. The van der Waals surface area contributed by atoms with Crippen LogP contribution in [0, 0.1) is 0 Å². The summed E-state index contributed by atoms with van der Waals surface area (Å²) in [6.07, 6.45) is 2.03. The Morgan fingerprint density at radius 3 is 2.60 bits per heavy atom. The summed E-state index contributed by atoms with van der Waals surface area (Å²) in [5.74, 6) is 0.914. The van der Waals surface area contributed by atoms with Crippen LogP contribution in [0.4, 0.5) is 0 Å². The lowest BCUT2D eigenvalue weighted by molar-refractivity contribution is 0.0689. The SMILES string of the molecule is CCc1nc2sc([C@H](c3ccccc3)N3CCC(O)CC3)c(O)n2n1. The highest BCUT2D eigenvalue weighted by atomic mass is 32.1. The van der Waals surface area contributed by atoms with Gasteiger partial charge in [-0.15, -0.1) is 5.10 Å². The number of aliphatic hydroxyl groups is 1. The number of likely N-dealkylation sites (tertiary alicyclic amines) is 1. The van der Waals surface area contributed by atoms with Gasteiger partial charge in [-0.3, -0.25) is 4.90 Å². The van der Waals surface area contributed by atoms with E-state index in [1.165, 1.54) is 11.3 Å². The van der Waals surface area contributed by atoms with E-state index < -0.39 is 0 Å². The van der Waals surface area contributed by atoms with Gasteiger partial charge < -0.3 is 10.2 Å². The fraction of sp³-hybridized carbons (Fsp3) is 0.444. The second kappa shape index (κ2) is 6.74. The minimum atomic E-state index is -0.226. The highest BCUT2D eigenvalue weighted by Gasteiger charge is 2.31. The smallest absolute Gasteiger partial charge is 0.230 e. The lowest BCUT2D eigenvalue weighted by atomic mass is 9.99. The zero-order chi connectivity index (χ0) is 17.4. The first-order valence-corrected chi connectivity index (χ1v) is 9.53. The molecule has 0 radical (unpaired) electrons. The second-order valence-electron chi connectivity index (χ2n) is 6.45. The van der Waals surface area contributed by atoms with Crippen molar-refractivity contribution in [2.24, 2.45) is 0 Å². The van der Waals surface area contributed by atoms with Gasteiger partial charge in [0.05, 0.1) is 17.0 Å². The lowest BCUT2D eigenvalue weighted by Crippen LogP contribution is -2.38. The fourth-order valence-electron chi connectivity index (χ4n) is 3.43.